The van der Waals surface area contributed by atoms with E-state index in [0.717, 1.165) is 43.9 Å². The van der Waals surface area contributed by atoms with Crippen LogP contribution in [0, 0.1) is 19.8 Å². The van der Waals surface area contributed by atoms with Crippen LogP contribution < -0.4 is 5.56 Å². The van der Waals surface area contributed by atoms with E-state index in [9.17, 15) is 14.4 Å². The Bertz CT molecular complexity index is 1010. The maximum Gasteiger partial charge on any atom is 0.261 e. The van der Waals surface area contributed by atoms with Gasteiger partial charge in [-0.25, -0.2) is 4.98 Å². The van der Waals surface area contributed by atoms with Crippen molar-refractivity contribution >= 4 is 11.7 Å². The second-order valence-corrected chi connectivity index (χ2v) is 8.33. The number of carbonyl (C=O) groups is 2. The molecule has 3 aliphatic heterocycles. The van der Waals surface area contributed by atoms with Crippen LogP contribution in [0.25, 0.3) is 0 Å². The molecular weight excluding hydrogens is 370 g/mol. The van der Waals surface area contributed by atoms with Crippen LogP contribution in [0.1, 0.15) is 57.6 Å². The lowest BCUT2D eigenvalue weighted by Gasteiger charge is -2.36. The van der Waals surface area contributed by atoms with Crippen molar-refractivity contribution in [2.75, 3.05) is 19.6 Å². The van der Waals surface area contributed by atoms with Crippen LogP contribution in [0.4, 0.5) is 0 Å². The number of fused-ring (bicyclic) bond motifs is 4. The molecule has 5 heterocycles. The molecule has 2 aromatic rings. The van der Waals surface area contributed by atoms with Gasteiger partial charge in [-0.15, -0.1) is 0 Å². The van der Waals surface area contributed by atoms with Crippen molar-refractivity contribution in [1.29, 1.82) is 0 Å². The zero-order chi connectivity index (χ0) is 20.7. The molecule has 3 aliphatic rings. The van der Waals surface area contributed by atoms with Crippen molar-refractivity contribution in [3.05, 3.63) is 51.0 Å². The van der Waals surface area contributed by atoms with E-state index in [1.54, 1.807) is 13.3 Å². The molecule has 0 unspecified atom stereocenters. The molecule has 2 atom stereocenters. The van der Waals surface area contributed by atoms with E-state index >= 15 is 0 Å². The fourth-order valence-electron chi connectivity index (χ4n) is 4.62. The summed E-state index contributed by atoms with van der Waals surface area (Å²) in [6.45, 7) is 8.20. The second-order valence-electron chi connectivity index (χ2n) is 8.33. The predicted octanol–water partition coefficient (Wildman–Crippen LogP) is 1.65. The van der Waals surface area contributed by atoms with Gasteiger partial charge in [0.2, 0.25) is 0 Å². The molecule has 8 heteroatoms. The Morgan fingerprint density at radius 2 is 1.93 bits per heavy atom. The van der Waals surface area contributed by atoms with Gasteiger partial charge in [-0.05, 0) is 45.6 Å². The van der Waals surface area contributed by atoms with Gasteiger partial charge >= 0.3 is 0 Å². The van der Waals surface area contributed by atoms with Crippen molar-refractivity contribution in [2.24, 2.45) is 5.92 Å². The highest BCUT2D eigenvalue weighted by Crippen LogP contribution is 2.30. The summed E-state index contributed by atoms with van der Waals surface area (Å²) in [7, 11) is 0. The molecule has 8 nitrogen and oxygen atoms in total. The topological polar surface area (TPSA) is 102 Å². The molecule has 0 radical (unpaired) electrons. The van der Waals surface area contributed by atoms with E-state index in [0.29, 0.717) is 23.7 Å². The Kier molecular flexibility index (Phi) is 5.12. The highest BCUT2D eigenvalue weighted by atomic mass is 16.2. The maximum absolute atomic E-state index is 13.3. The van der Waals surface area contributed by atoms with Gasteiger partial charge in [-0.1, -0.05) is 0 Å². The highest BCUT2D eigenvalue weighted by Gasteiger charge is 2.38. The number of pyridine rings is 1. The van der Waals surface area contributed by atoms with Crippen molar-refractivity contribution in [3.8, 4) is 0 Å². The SMILES string of the molecule is CC(=O)c1cc(C(=O)N2C[C@H]3CC[C@@H]2CN(Cc2nc[nH]c2C)C3)c(=O)[nH]c1C. The molecule has 154 valence electrons. The van der Waals surface area contributed by atoms with Crippen LogP contribution in [0.5, 0.6) is 0 Å². The number of ketones is 1. The summed E-state index contributed by atoms with van der Waals surface area (Å²) in [6.07, 6.45) is 3.71. The summed E-state index contributed by atoms with van der Waals surface area (Å²) in [4.78, 5) is 52.0. The fraction of sp³-hybridized carbons (Fsp3) is 0.524. The number of amides is 1. The number of rotatable bonds is 4. The number of aryl methyl sites for hydroxylation is 2. The van der Waals surface area contributed by atoms with Crippen LogP contribution in [0.15, 0.2) is 17.2 Å². The first kappa shape index (κ1) is 19.6. The molecule has 3 saturated heterocycles. The van der Waals surface area contributed by atoms with Gasteiger partial charge < -0.3 is 14.9 Å². The van der Waals surface area contributed by atoms with Crippen molar-refractivity contribution in [2.45, 2.75) is 46.2 Å². The van der Waals surface area contributed by atoms with Gasteiger partial charge in [0.25, 0.3) is 11.5 Å². The predicted molar refractivity (Wildman–Crippen MR) is 108 cm³/mol. The first-order valence-electron chi connectivity index (χ1n) is 10.1. The molecular formula is C21H27N5O3. The van der Waals surface area contributed by atoms with Crippen LogP contribution in [-0.2, 0) is 6.54 Å². The maximum atomic E-state index is 13.3. The number of aromatic amines is 2. The van der Waals surface area contributed by atoms with Gasteiger partial charge in [-0.2, -0.15) is 0 Å². The number of nitrogens with one attached hydrogen (secondary N) is 2. The molecule has 3 fully saturated rings. The highest BCUT2D eigenvalue weighted by molar-refractivity contribution is 6.00. The van der Waals surface area contributed by atoms with E-state index < -0.39 is 5.56 Å². The smallest absolute Gasteiger partial charge is 0.261 e. The van der Waals surface area contributed by atoms with Crippen LogP contribution in [0.3, 0.4) is 0 Å². The lowest BCUT2D eigenvalue weighted by Crippen LogP contribution is -2.48. The quantitative estimate of drug-likeness (QED) is 0.764. The zero-order valence-electron chi connectivity index (χ0n) is 17.1. The minimum Gasteiger partial charge on any atom is -0.348 e. The summed E-state index contributed by atoms with van der Waals surface area (Å²) < 4.78 is 0. The largest absolute Gasteiger partial charge is 0.348 e. The Labute approximate surface area is 169 Å². The van der Waals surface area contributed by atoms with E-state index in [1.165, 1.54) is 13.0 Å². The normalized spacial score (nSPS) is 22.0. The van der Waals surface area contributed by atoms with Gasteiger partial charge in [0.1, 0.15) is 5.56 Å². The van der Waals surface area contributed by atoms with E-state index in [-0.39, 0.29) is 23.3 Å². The van der Waals surface area contributed by atoms with E-state index in [2.05, 4.69) is 19.9 Å². The molecule has 2 N–H and O–H groups in total. The lowest BCUT2D eigenvalue weighted by atomic mass is 9.94. The molecule has 5 rings (SSSR count). The van der Waals surface area contributed by atoms with Crippen LogP contribution in [-0.4, -0.2) is 62.1 Å². The lowest BCUT2D eigenvalue weighted by molar-refractivity contribution is 0.0583. The summed E-state index contributed by atoms with van der Waals surface area (Å²) in [5, 5.41) is 0. The van der Waals surface area contributed by atoms with Crippen LogP contribution >= 0.6 is 0 Å². The van der Waals surface area contributed by atoms with E-state index in [4.69, 9.17) is 0 Å². The third kappa shape index (κ3) is 3.76. The third-order valence-corrected chi connectivity index (χ3v) is 6.21. The number of hydrogen-bond acceptors (Lipinski definition) is 5. The van der Waals surface area contributed by atoms with E-state index in [1.807, 2.05) is 11.8 Å². The average Bonchev–Trinajstić information content (AvgIpc) is 2.88. The first-order valence-corrected chi connectivity index (χ1v) is 10.1. The van der Waals surface area contributed by atoms with Crippen molar-refractivity contribution in [1.82, 2.24) is 24.8 Å². The van der Waals surface area contributed by atoms with Gasteiger partial charge in [0.05, 0.1) is 12.0 Å². The van der Waals surface area contributed by atoms with Crippen molar-refractivity contribution < 1.29 is 9.59 Å². The van der Waals surface area contributed by atoms with Crippen molar-refractivity contribution in [3.63, 3.8) is 0 Å². The fourth-order valence-corrected chi connectivity index (χ4v) is 4.62. The minimum absolute atomic E-state index is 0.0574. The van der Waals surface area contributed by atoms with Crippen LogP contribution in [0.2, 0.25) is 0 Å². The summed E-state index contributed by atoms with van der Waals surface area (Å²) in [5.41, 5.74) is 2.62. The molecule has 29 heavy (non-hydrogen) atoms. The van der Waals surface area contributed by atoms with Gasteiger partial charge in [0.15, 0.2) is 5.78 Å². The Hall–Kier alpha value is -2.74. The molecule has 2 bridgehead atoms. The molecule has 2 aromatic heterocycles. The monoisotopic (exact) mass is 397 g/mol. The molecule has 1 amide bonds. The number of carbonyl (C=O) groups excluding carboxylic acids is 2. The molecule has 0 saturated carbocycles. The number of hydrogen-bond donors (Lipinski definition) is 2. The number of H-pyrrole nitrogens is 2. The molecule has 0 aromatic carbocycles. The number of piperidine rings is 1. The number of Topliss-reactive ketones (excluding diaryl/α,β-unsaturated/α-hetero) is 1. The summed E-state index contributed by atoms with van der Waals surface area (Å²) in [6, 6.07) is 1.52. The number of nitrogens with zero attached hydrogens (tertiary/aromatic N) is 3. The Morgan fingerprint density at radius 1 is 1.14 bits per heavy atom. The number of imidazole rings is 1. The second kappa shape index (κ2) is 7.59. The summed E-state index contributed by atoms with van der Waals surface area (Å²) in [5.74, 6) is -0.0688. The average molecular weight is 397 g/mol. The number of aromatic nitrogens is 3. The molecule has 0 aliphatic carbocycles. The van der Waals surface area contributed by atoms with Gasteiger partial charge in [0, 0.05) is 49.2 Å². The zero-order valence-corrected chi connectivity index (χ0v) is 17.1. The van der Waals surface area contributed by atoms with Gasteiger partial charge in [-0.3, -0.25) is 19.3 Å². The third-order valence-electron chi connectivity index (χ3n) is 6.21. The molecule has 0 spiro atoms. The Balaban J connectivity index is 1.58. The standard InChI is InChI=1S/C21H27N5O3/c1-12-17(14(3)27)6-18(20(28)24-12)21(29)26-8-15-4-5-16(26)9-25(7-15)10-19-13(2)22-11-23-19/h6,11,15-16H,4-5,7-10H2,1-3H3,(H,22,23)(H,24,28)/t15-,16+/m0/s1. The summed E-state index contributed by atoms with van der Waals surface area (Å²) >= 11 is 0. The first-order chi connectivity index (χ1) is 13.8. The minimum atomic E-state index is -0.429. The Morgan fingerprint density at radius 3 is 2.62 bits per heavy atom.